The summed E-state index contributed by atoms with van der Waals surface area (Å²) >= 11 is 0. The topological polar surface area (TPSA) is 87.4 Å². The molecule has 132 valence electrons. The van der Waals surface area contributed by atoms with Crippen molar-refractivity contribution >= 4 is 23.4 Å². The largest absolute Gasteiger partial charge is 0.459 e. The Balaban J connectivity index is 1.35. The Morgan fingerprint density at radius 1 is 0.962 bits per heavy atom. The van der Waals surface area contributed by atoms with Gasteiger partial charge in [-0.05, 0) is 30.3 Å². The highest BCUT2D eigenvalue weighted by molar-refractivity contribution is 6.02. The van der Waals surface area contributed by atoms with Gasteiger partial charge in [0.15, 0.2) is 5.76 Å². The van der Waals surface area contributed by atoms with Crippen molar-refractivity contribution in [2.75, 3.05) is 41.3 Å². The average molecular weight is 350 g/mol. The van der Waals surface area contributed by atoms with E-state index in [9.17, 15) is 4.79 Å². The van der Waals surface area contributed by atoms with Crippen molar-refractivity contribution < 1.29 is 9.21 Å². The number of nitrogens with zero attached hydrogens (tertiary/aromatic N) is 5. The van der Waals surface area contributed by atoms with Gasteiger partial charge in [0.2, 0.25) is 5.95 Å². The van der Waals surface area contributed by atoms with Crippen LogP contribution in [0.15, 0.2) is 59.6 Å². The summed E-state index contributed by atoms with van der Waals surface area (Å²) in [4.78, 5) is 29.4. The molecule has 1 amide bonds. The minimum atomic E-state index is -0.291. The Kier molecular flexibility index (Phi) is 4.46. The molecular formula is C18H18N6O2. The third-order valence-electron chi connectivity index (χ3n) is 4.19. The van der Waals surface area contributed by atoms with Crippen molar-refractivity contribution in [1.82, 2.24) is 15.0 Å². The summed E-state index contributed by atoms with van der Waals surface area (Å²) in [5.74, 6) is 1.63. The van der Waals surface area contributed by atoms with Gasteiger partial charge in [-0.2, -0.15) is 0 Å². The van der Waals surface area contributed by atoms with Crippen molar-refractivity contribution in [3.63, 3.8) is 0 Å². The summed E-state index contributed by atoms with van der Waals surface area (Å²) in [5, 5.41) is 2.76. The number of rotatable bonds is 4. The van der Waals surface area contributed by atoms with E-state index in [4.69, 9.17) is 4.42 Å². The monoisotopic (exact) mass is 350 g/mol. The third-order valence-corrected chi connectivity index (χ3v) is 4.19. The Bertz CT molecular complexity index is 843. The van der Waals surface area contributed by atoms with E-state index >= 15 is 0 Å². The zero-order valence-electron chi connectivity index (χ0n) is 14.1. The Labute approximate surface area is 150 Å². The first-order valence-corrected chi connectivity index (χ1v) is 8.37. The van der Waals surface area contributed by atoms with E-state index < -0.39 is 0 Å². The molecule has 26 heavy (non-hydrogen) atoms. The zero-order chi connectivity index (χ0) is 17.8. The highest BCUT2D eigenvalue weighted by Crippen LogP contribution is 2.18. The van der Waals surface area contributed by atoms with Crippen LogP contribution in [0.1, 0.15) is 10.6 Å². The molecule has 0 bridgehead atoms. The summed E-state index contributed by atoms with van der Waals surface area (Å²) in [6, 6.07) is 8.86. The lowest BCUT2D eigenvalue weighted by Gasteiger charge is -2.35. The minimum Gasteiger partial charge on any atom is -0.459 e. The predicted molar refractivity (Wildman–Crippen MR) is 97.4 cm³/mol. The van der Waals surface area contributed by atoms with Crippen LogP contribution in [-0.4, -0.2) is 47.0 Å². The Morgan fingerprint density at radius 3 is 2.38 bits per heavy atom. The van der Waals surface area contributed by atoms with E-state index in [1.165, 1.54) is 6.26 Å². The first-order valence-electron chi connectivity index (χ1n) is 8.37. The second-order valence-electron chi connectivity index (χ2n) is 5.86. The van der Waals surface area contributed by atoms with Gasteiger partial charge in [0.1, 0.15) is 5.82 Å². The van der Waals surface area contributed by atoms with Crippen LogP contribution in [0.25, 0.3) is 0 Å². The number of amides is 1. The fraction of sp³-hybridized carbons (Fsp3) is 0.222. The number of anilines is 3. The molecule has 4 heterocycles. The lowest BCUT2D eigenvalue weighted by molar-refractivity contribution is 0.0996. The molecule has 1 aliphatic rings. The van der Waals surface area contributed by atoms with Gasteiger partial charge in [-0.25, -0.2) is 15.0 Å². The SMILES string of the molecule is O=C(Nc1ccc(N2CCN(c3ncccn3)CC2)nc1)c1ccco1. The summed E-state index contributed by atoms with van der Waals surface area (Å²) in [6.07, 6.45) is 6.64. The molecule has 1 N–H and O–H groups in total. The summed E-state index contributed by atoms with van der Waals surface area (Å²) < 4.78 is 5.08. The fourth-order valence-electron chi connectivity index (χ4n) is 2.84. The molecule has 0 unspecified atom stereocenters. The molecule has 8 heteroatoms. The number of pyridine rings is 1. The van der Waals surface area contributed by atoms with Crippen molar-refractivity contribution in [3.05, 3.63) is 60.9 Å². The van der Waals surface area contributed by atoms with Gasteiger partial charge >= 0.3 is 0 Å². The molecule has 1 fully saturated rings. The standard InChI is InChI=1S/C18H18N6O2/c25-17(15-3-1-12-26-15)22-14-4-5-16(21-13-14)23-8-10-24(11-9-23)18-19-6-2-7-20-18/h1-7,12-13H,8-11H2,(H,22,25). The summed E-state index contributed by atoms with van der Waals surface area (Å²) in [5.41, 5.74) is 0.631. The maximum atomic E-state index is 12.0. The number of hydrogen-bond acceptors (Lipinski definition) is 7. The molecule has 0 radical (unpaired) electrons. The van der Waals surface area contributed by atoms with E-state index in [1.807, 2.05) is 18.2 Å². The second kappa shape index (κ2) is 7.22. The van der Waals surface area contributed by atoms with Gasteiger partial charge < -0.3 is 19.5 Å². The molecule has 3 aromatic heterocycles. The number of piperazine rings is 1. The molecule has 0 spiro atoms. The smallest absolute Gasteiger partial charge is 0.291 e. The molecule has 0 atom stereocenters. The number of carbonyl (C=O) groups excluding carboxylic acids is 1. The van der Waals surface area contributed by atoms with Crippen molar-refractivity contribution in [2.24, 2.45) is 0 Å². The maximum absolute atomic E-state index is 12.0. The molecule has 3 aromatic rings. The summed E-state index contributed by atoms with van der Waals surface area (Å²) in [7, 11) is 0. The molecule has 8 nitrogen and oxygen atoms in total. The minimum absolute atomic E-state index is 0.272. The number of hydrogen-bond donors (Lipinski definition) is 1. The van der Waals surface area contributed by atoms with Crippen molar-refractivity contribution in [3.8, 4) is 0 Å². The van der Waals surface area contributed by atoms with Crippen LogP contribution in [0.5, 0.6) is 0 Å². The zero-order valence-corrected chi connectivity index (χ0v) is 14.1. The van der Waals surface area contributed by atoms with Gasteiger partial charge in [-0.15, -0.1) is 0 Å². The van der Waals surface area contributed by atoms with Gasteiger partial charge in [0.25, 0.3) is 5.91 Å². The molecule has 0 aromatic carbocycles. The molecular weight excluding hydrogens is 332 g/mol. The van der Waals surface area contributed by atoms with Crippen LogP contribution in [0.3, 0.4) is 0 Å². The van der Waals surface area contributed by atoms with Gasteiger partial charge in [0, 0.05) is 38.6 Å². The van der Waals surface area contributed by atoms with E-state index in [-0.39, 0.29) is 11.7 Å². The first-order chi connectivity index (χ1) is 12.8. The molecule has 0 saturated carbocycles. The van der Waals surface area contributed by atoms with Gasteiger partial charge in [-0.3, -0.25) is 4.79 Å². The first kappa shape index (κ1) is 16.1. The van der Waals surface area contributed by atoms with Gasteiger partial charge in [0.05, 0.1) is 18.1 Å². The quantitative estimate of drug-likeness (QED) is 0.770. The van der Waals surface area contributed by atoms with Crippen LogP contribution in [0, 0.1) is 0 Å². The van der Waals surface area contributed by atoms with Gasteiger partial charge in [-0.1, -0.05) is 0 Å². The lowest BCUT2D eigenvalue weighted by Crippen LogP contribution is -2.47. The number of furan rings is 1. The normalized spacial score (nSPS) is 14.3. The molecule has 1 aliphatic heterocycles. The van der Waals surface area contributed by atoms with Crippen LogP contribution in [0.4, 0.5) is 17.5 Å². The van der Waals surface area contributed by atoms with Crippen molar-refractivity contribution in [2.45, 2.75) is 0 Å². The number of aromatic nitrogens is 3. The fourth-order valence-corrected chi connectivity index (χ4v) is 2.84. The number of nitrogens with one attached hydrogen (secondary N) is 1. The van der Waals surface area contributed by atoms with Crippen LogP contribution >= 0.6 is 0 Å². The van der Waals surface area contributed by atoms with Crippen LogP contribution in [0.2, 0.25) is 0 Å². The number of carbonyl (C=O) groups is 1. The highest BCUT2D eigenvalue weighted by Gasteiger charge is 2.19. The Morgan fingerprint density at radius 2 is 1.73 bits per heavy atom. The van der Waals surface area contributed by atoms with E-state index in [1.54, 1.807) is 30.7 Å². The van der Waals surface area contributed by atoms with Crippen LogP contribution < -0.4 is 15.1 Å². The van der Waals surface area contributed by atoms with E-state index in [0.29, 0.717) is 5.69 Å². The predicted octanol–water partition coefficient (Wildman–Crippen LogP) is 2.04. The summed E-state index contributed by atoms with van der Waals surface area (Å²) in [6.45, 7) is 3.35. The lowest BCUT2D eigenvalue weighted by atomic mass is 10.3. The molecule has 4 rings (SSSR count). The maximum Gasteiger partial charge on any atom is 0.291 e. The second-order valence-corrected chi connectivity index (χ2v) is 5.86. The van der Waals surface area contributed by atoms with E-state index in [0.717, 1.165) is 37.9 Å². The average Bonchev–Trinajstić information content (AvgIpc) is 3.25. The highest BCUT2D eigenvalue weighted by atomic mass is 16.3. The third kappa shape index (κ3) is 3.49. The van der Waals surface area contributed by atoms with Crippen molar-refractivity contribution in [1.29, 1.82) is 0 Å². The molecule has 1 saturated heterocycles. The van der Waals surface area contributed by atoms with Crippen LogP contribution in [-0.2, 0) is 0 Å². The van der Waals surface area contributed by atoms with E-state index in [2.05, 4.69) is 30.1 Å². The molecule has 0 aliphatic carbocycles. The Hall–Kier alpha value is -3.42.